The van der Waals surface area contributed by atoms with E-state index in [0.717, 1.165) is 24.6 Å². The van der Waals surface area contributed by atoms with Crippen molar-refractivity contribution in [1.29, 1.82) is 0 Å². The summed E-state index contributed by atoms with van der Waals surface area (Å²) in [5.74, 6) is 0.897. The maximum Gasteiger partial charge on any atom is 0.296 e. The van der Waals surface area contributed by atoms with Crippen molar-refractivity contribution in [2.75, 3.05) is 18.2 Å². The van der Waals surface area contributed by atoms with Gasteiger partial charge in [0.2, 0.25) is 11.8 Å². The highest BCUT2D eigenvalue weighted by atomic mass is 32.2. The van der Waals surface area contributed by atoms with Crippen LogP contribution in [0.4, 0.5) is 11.4 Å². The second kappa shape index (κ2) is 6.87. The van der Waals surface area contributed by atoms with Gasteiger partial charge in [0.25, 0.3) is 10.9 Å². The number of anilines is 1. The molecule has 1 aliphatic carbocycles. The van der Waals surface area contributed by atoms with Crippen LogP contribution in [0.5, 0.6) is 5.75 Å². The van der Waals surface area contributed by atoms with Gasteiger partial charge < -0.3 is 14.5 Å². The number of nitrogens with zero attached hydrogens (tertiary/aromatic N) is 3. The Bertz CT molecular complexity index is 774. The Balaban J connectivity index is 1.60. The lowest BCUT2D eigenvalue weighted by Crippen LogP contribution is -2.15. The quantitative estimate of drug-likeness (QED) is 0.459. The summed E-state index contributed by atoms with van der Waals surface area (Å²) < 4.78 is 10.4. The summed E-state index contributed by atoms with van der Waals surface area (Å²) in [4.78, 5) is 22.5. The van der Waals surface area contributed by atoms with Crippen LogP contribution in [0.25, 0.3) is 0 Å². The minimum absolute atomic E-state index is 0.00941. The molecule has 1 aromatic heterocycles. The average Bonchev–Trinajstić information content (AvgIpc) is 3.31. The van der Waals surface area contributed by atoms with Crippen molar-refractivity contribution in [3.8, 4) is 5.75 Å². The second-order valence-corrected chi connectivity index (χ2v) is 6.08. The standard InChI is InChI=1S/C14H14N4O5S/c1-22-9-4-5-10(11(6-9)18(20)21)15-12(19)7-24-14-17-16-13(23-14)8-2-3-8/h4-6,8H,2-3,7H2,1H3,(H,15,19). The van der Waals surface area contributed by atoms with E-state index in [1.807, 2.05) is 0 Å². The first-order chi connectivity index (χ1) is 11.6. The van der Waals surface area contributed by atoms with Crippen LogP contribution in [0.15, 0.2) is 27.8 Å². The molecule has 0 atom stereocenters. The Kier molecular flexibility index (Phi) is 4.65. The van der Waals surface area contributed by atoms with E-state index in [0.29, 0.717) is 22.8 Å². The molecule has 0 bridgehead atoms. The van der Waals surface area contributed by atoms with Crippen LogP contribution in [-0.2, 0) is 4.79 Å². The van der Waals surface area contributed by atoms with E-state index in [-0.39, 0.29) is 17.1 Å². The van der Waals surface area contributed by atoms with Crippen LogP contribution >= 0.6 is 11.8 Å². The fourth-order valence-corrected chi connectivity index (χ4v) is 2.55. The summed E-state index contributed by atoms with van der Waals surface area (Å²) in [5.41, 5.74) is -0.128. The summed E-state index contributed by atoms with van der Waals surface area (Å²) in [6.45, 7) is 0. The predicted octanol–water partition coefficient (Wildman–Crippen LogP) is 2.59. The average molecular weight is 350 g/mol. The molecule has 1 aliphatic rings. The van der Waals surface area contributed by atoms with Crippen molar-refractivity contribution in [2.24, 2.45) is 0 Å². The van der Waals surface area contributed by atoms with Crippen molar-refractivity contribution < 1.29 is 18.9 Å². The number of amides is 1. The number of carbonyl (C=O) groups excluding carboxylic acids is 1. The van der Waals surface area contributed by atoms with Crippen molar-refractivity contribution in [2.45, 2.75) is 24.0 Å². The Hall–Kier alpha value is -2.62. The van der Waals surface area contributed by atoms with Gasteiger partial charge in [0.05, 0.1) is 23.9 Å². The van der Waals surface area contributed by atoms with Crippen LogP contribution in [0, 0.1) is 10.1 Å². The van der Waals surface area contributed by atoms with E-state index in [9.17, 15) is 14.9 Å². The van der Waals surface area contributed by atoms with Crippen LogP contribution < -0.4 is 10.1 Å². The Morgan fingerprint density at radius 2 is 2.29 bits per heavy atom. The van der Waals surface area contributed by atoms with E-state index < -0.39 is 10.8 Å². The van der Waals surface area contributed by atoms with Gasteiger partial charge in [-0.05, 0) is 25.0 Å². The van der Waals surface area contributed by atoms with Gasteiger partial charge >= 0.3 is 0 Å². The van der Waals surface area contributed by atoms with E-state index in [4.69, 9.17) is 9.15 Å². The molecule has 9 nitrogen and oxygen atoms in total. The van der Waals surface area contributed by atoms with Gasteiger partial charge in [-0.15, -0.1) is 10.2 Å². The number of carbonyl (C=O) groups is 1. The minimum Gasteiger partial charge on any atom is -0.496 e. The first-order valence-corrected chi connectivity index (χ1v) is 8.14. The van der Waals surface area contributed by atoms with Crippen LogP contribution in [0.2, 0.25) is 0 Å². The Labute approximate surface area is 140 Å². The smallest absolute Gasteiger partial charge is 0.296 e. The fraction of sp³-hybridized carbons (Fsp3) is 0.357. The lowest BCUT2D eigenvalue weighted by Gasteiger charge is -2.06. The Morgan fingerprint density at radius 1 is 1.50 bits per heavy atom. The highest BCUT2D eigenvalue weighted by Crippen LogP contribution is 2.39. The molecular formula is C14H14N4O5S. The van der Waals surface area contributed by atoms with Crippen molar-refractivity contribution in [3.05, 3.63) is 34.2 Å². The van der Waals surface area contributed by atoms with Crippen molar-refractivity contribution in [1.82, 2.24) is 10.2 Å². The molecule has 1 N–H and O–H groups in total. The number of benzene rings is 1. The molecule has 0 radical (unpaired) electrons. The molecule has 1 heterocycles. The number of methoxy groups -OCH3 is 1. The normalized spacial score (nSPS) is 13.5. The zero-order valence-electron chi connectivity index (χ0n) is 12.7. The van der Waals surface area contributed by atoms with E-state index in [1.165, 1.54) is 25.3 Å². The third-order valence-corrected chi connectivity index (χ3v) is 4.17. The zero-order valence-corrected chi connectivity index (χ0v) is 13.5. The van der Waals surface area contributed by atoms with Gasteiger partial charge in [-0.2, -0.15) is 0 Å². The fourth-order valence-electron chi connectivity index (χ4n) is 1.98. The summed E-state index contributed by atoms with van der Waals surface area (Å²) in [7, 11) is 1.41. The van der Waals surface area contributed by atoms with Crippen molar-refractivity contribution in [3.63, 3.8) is 0 Å². The maximum absolute atomic E-state index is 12.0. The van der Waals surface area contributed by atoms with Gasteiger partial charge in [0.15, 0.2) is 0 Å². The van der Waals surface area contributed by atoms with Gasteiger partial charge in [0.1, 0.15) is 11.4 Å². The molecule has 0 unspecified atom stereocenters. The topological polar surface area (TPSA) is 120 Å². The molecular weight excluding hydrogens is 336 g/mol. The molecule has 1 fully saturated rings. The highest BCUT2D eigenvalue weighted by Gasteiger charge is 2.29. The molecule has 1 aromatic carbocycles. The number of nitro benzene ring substituents is 1. The highest BCUT2D eigenvalue weighted by molar-refractivity contribution is 7.99. The summed E-state index contributed by atoms with van der Waals surface area (Å²) in [6, 6.07) is 4.22. The number of hydrogen-bond donors (Lipinski definition) is 1. The van der Waals surface area contributed by atoms with Crippen molar-refractivity contribution >= 4 is 29.0 Å². The molecule has 24 heavy (non-hydrogen) atoms. The molecule has 0 saturated heterocycles. The van der Waals surface area contributed by atoms with Crippen LogP contribution in [-0.4, -0.2) is 33.9 Å². The van der Waals surface area contributed by atoms with E-state index >= 15 is 0 Å². The largest absolute Gasteiger partial charge is 0.496 e. The number of rotatable bonds is 7. The zero-order chi connectivity index (χ0) is 17.1. The third kappa shape index (κ3) is 3.82. The number of ether oxygens (including phenoxy) is 1. The van der Waals surface area contributed by atoms with E-state index in [2.05, 4.69) is 15.5 Å². The molecule has 0 aliphatic heterocycles. The van der Waals surface area contributed by atoms with Crippen LogP contribution in [0.1, 0.15) is 24.7 Å². The van der Waals surface area contributed by atoms with Gasteiger partial charge in [-0.25, -0.2) is 0 Å². The third-order valence-electron chi connectivity index (χ3n) is 3.35. The maximum atomic E-state index is 12.0. The molecule has 2 aromatic rings. The molecule has 3 rings (SSSR count). The molecule has 126 valence electrons. The number of thioether (sulfide) groups is 1. The molecule has 1 amide bonds. The van der Waals surface area contributed by atoms with E-state index in [1.54, 1.807) is 0 Å². The lowest BCUT2D eigenvalue weighted by atomic mass is 10.2. The summed E-state index contributed by atoms with van der Waals surface area (Å²) in [5, 5.41) is 21.7. The number of nitrogens with one attached hydrogen (secondary N) is 1. The van der Waals surface area contributed by atoms with Crippen LogP contribution in [0.3, 0.4) is 0 Å². The molecule has 0 spiro atoms. The second-order valence-electron chi connectivity index (χ2n) is 5.16. The van der Waals surface area contributed by atoms with Gasteiger partial charge in [0, 0.05) is 5.92 Å². The molecule has 1 saturated carbocycles. The number of aromatic nitrogens is 2. The SMILES string of the molecule is COc1ccc(NC(=O)CSc2nnc(C3CC3)o2)c([N+](=O)[O-])c1. The molecule has 10 heteroatoms. The first-order valence-electron chi connectivity index (χ1n) is 7.15. The summed E-state index contributed by atoms with van der Waals surface area (Å²) >= 11 is 1.09. The van der Waals surface area contributed by atoms with Gasteiger partial charge in [-0.3, -0.25) is 14.9 Å². The Morgan fingerprint density at radius 3 is 2.96 bits per heavy atom. The monoisotopic (exact) mass is 350 g/mol. The summed E-state index contributed by atoms with van der Waals surface area (Å²) in [6.07, 6.45) is 2.10. The minimum atomic E-state index is -0.578. The number of hydrogen-bond acceptors (Lipinski definition) is 8. The van der Waals surface area contributed by atoms with Gasteiger partial charge in [-0.1, -0.05) is 11.8 Å². The first kappa shape index (κ1) is 16.2. The lowest BCUT2D eigenvalue weighted by molar-refractivity contribution is -0.384. The predicted molar refractivity (Wildman–Crippen MR) is 85.3 cm³/mol. The number of nitro groups is 1.